The topological polar surface area (TPSA) is 45.1 Å². The van der Waals surface area contributed by atoms with Crippen molar-refractivity contribution in [3.8, 4) is 0 Å². The van der Waals surface area contributed by atoms with Crippen LogP contribution in [0.25, 0.3) is 0 Å². The fourth-order valence-corrected chi connectivity index (χ4v) is 2.85. The summed E-state index contributed by atoms with van der Waals surface area (Å²) in [4.78, 5) is 4.10. The molecule has 0 saturated carbocycles. The van der Waals surface area contributed by atoms with Gasteiger partial charge in [0.25, 0.3) is 0 Å². The van der Waals surface area contributed by atoms with E-state index < -0.39 is 6.10 Å². The molecule has 0 aromatic carbocycles. The van der Waals surface area contributed by atoms with Crippen molar-refractivity contribution in [1.29, 1.82) is 0 Å². The minimum Gasteiger partial charge on any atom is -0.387 e. The van der Waals surface area contributed by atoms with Crippen LogP contribution in [0.5, 0.6) is 0 Å². The Morgan fingerprint density at radius 3 is 3.12 bits per heavy atom. The van der Waals surface area contributed by atoms with Crippen LogP contribution in [0.15, 0.2) is 22.9 Å². The van der Waals surface area contributed by atoms with E-state index >= 15 is 0 Å². The van der Waals surface area contributed by atoms with Crippen LogP contribution < -0.4 is 5.32 Å². The van der Waals surface area contributed by atoms with E-state index in [0.29, 0.717) is 0 Å². The number of hydrogen-bond donors (Lipinski definition) is 2. The molecule has 2 N–H and O–H groups in total. The molecule has 0 aliphatic carbocycles. The second-order valence-electron chi connectivity index (χ2n) is 4.74. The van der Waals surface area contributed by atoms with Crippen molar-refractivity contribution in [2.75, 3.05) is 6.54 Å². The second-order valence-corrected chi connectivity index (χ2v) is 5.66. The van der Waals surface area contributed by atoms with Crippen LogP contribution >= 0.6 is 15.9 Å². The lowest BCUT2D eigenvalue weighted by molar-refractivity contribution is 0.0975. The first-order valence-electron chi connectivity index (χ1n) is 6.22. The highest BCUT2D eigenvalue weighted by atomic mass is 79.9. The van der Waals surface area contributed by atoms with E-state index in [4.69, 9.17) is 0 Å². The van der Waals surface area contributed by atoms with Crippen molar-refractivity contribution < 1.29 is 5.11 Å². The van der Waals surface area contributed by atoms with E-state index in [1.807, 2.05) is 6.07 Å². The molecule has 94 valence electrons. The SMILES string of the molecule is CCC1CCNC(C(O)c2cncc(Br)c2)C1. The number of aromatic nitrogens is 1. The fourth-order valence-electron chi connectivity index (χ4n) is 2.47. The summed E-state index contributed by atoms with van der Waals surface area (Å²) < 4.78 is 0.914. The predicted molar refractivity (Wildman–Crippen MR) is 71.7 cm³/mol. The molecule has 2 heterocycles. The van der Waals surface area contributed by atoms with E-state index in [1.165, 1.54) is 12.8 Å². The standard InChI is InChI=1S/C13H19BrN2O/c1-2-9-3-4-16-12(5-9)13(17)10-6-11(14)8-15-7-10/h6-9,12-13,16-17H,2-5H2,1H3. The van der Waals surface area contributed by atoms with Crippen molar-refractivity contribution in [3.63, 3.8) is 0 Å². The van der Waals surface area contributed by atoms with Gasteiger partial charge in [-0.3, -0.25) is 4.98 Å². The van der Waals surface area contributed by atoms with Crippen molar-refractivity contribution in [2.24, 2.45) is 5.92 Å². The van der Waals surface area contributed by atoms with E-state index in [9.17, 15) is 5.11 Å². The van der Waals surface area contributed by atoms with Crippen molar-refractivity contribution in [3.05, 3.63) is 28.5 Å². The summed E-state index contributed by atoms with van der Waals surface area (Å²) in [6.07, 6.45) is 6.48. The van der Waals surface area contributed by atoms with Gasteiger partial charge in [-0.05, 0) is 47.3 Å². The summed E-state index contributed by atoms with van der Waals surface area (Å²) >= 11 is 3.39. The highest BCUT2D eigenvalue weighted by Gasteiger charge is 2.27. The smallest absolute Gasteiger partial charge is 0.0958 e. The van der Waals surface area contributed by atoms with Crippen molar-refractivity contribution >= 4 is 15.9 Å². The number of aliphatic hydroxyl groups is 1. The number of aliphatic hydroxyl groups excluding tert-OH is 1. The maximum Gasteiger partial charge on any atom is 0.0958 e. The monoisotopic (exact) mass is 298 g/mol. The highest BCUT2D eigenvalue weighted by Crippen LogP contribution is 2.28. The Bertz CT molecular complexity index is 372. The Morgan fingerprint density at radius 1 is 1.59 bits per heavy atom. The van der Waals surface area contributed by atoms with Gasteiger partial charge in [0, 0.05) is 28.5 Å². The number of piperidine rings is 1. The van der Waals surface area contributed by atoms with E-state index in [1.54, 1.807) is 12.4 Å². The third-order valence-corrected chi connectivity index (χ3v) is 4.01. The molecule has 1 aliphatic rings. The third-order valence-electron chi connectivity index (χ3n) is 3.57. The van der Waals surface area contributed by atoms with Crippen LogP contribution in [-0.4, -0.2) is 22.7 Å². The van der Waals surface area contributed by atoms with Gasteiger partial charge in [-0.2, -0.15) is 0 Å². The van der Waals surface area contributed by atoms with Crippen LogP contribution in [0.2, 0.25) is 0 Å². The van der Waals surface area contributed by atoms with Crippen molar-refractivity contribution in [2.45, 2.75) is 38.3 Å². The van der Waals surface area contributed by atoms with Gasteiger partial charge >= 0.3 is 0 Å². The molecule has 2 rings (SSSR count). The normalized spacial score (nSPS) is 26.8. The summed E-state index contributed by atoms with van der Waals surface area (Å²) in [7, 11) is 0. The molecular weight excluding hydrogens is 280 g/mol. The Hall–Kier alpha value is -0.450. The molecule has 1 fully saturated rings. The van der Waals surface area contributed by atoms with Crippen LogP contribution in [0.4, 0.5) is 0 Å². The quantitative estimate of drug-likeness (QED) is 0.902. The molecular formula is C13H19BrN2O. The van der Waals surface area contributed by atoms with Gasteiger partial charge in [-0.25, -0.2) is 0 Å². The van der Waals surface area contributed by atoms with E-state index in [-0.39, 0.29) is 6.04 Å². The number of hydrogen-bond acceptors (Lipinski definition) is 3. The molecule has 1 saturated heterocycles. The molecule has 4 heteroatoms. The van der Waals surface area contributed by atoms with Gasteiger partial charge in [-0.1, -0.05) is 13.3 Å². The highest BCUT2D eigenvalue weighted by molar-refractivity contribution is 9.10. The largest absolute Gasteiger partial charge is 0.387 e. The van der Waals surface area contributed by atoms with Gasteiger partial charge in [-0.15, -0.1) is 0 Å². The molecule has 3 nitrogen and oxygen atoms in total. The maximum atomic E-state index is 10.4. The summed E-state index contributed by atoms with van der Waals surface area (Å²) in [5.74, 6) is 0.732. The van der Waals surface area contributed by atoms with Gasteiger partial charge in [0.2, 0.25) is 0 Å². The zero-order chi connectivity index (χ0) is 12.3. The lowest BCUT2D eigenvalue weighted by Crippen LogP contribution is -2.42. The first-order chi connectivity index (χ1) is 8.20. The summed E-state index contributed by atoms with van der Waals surface area (Å²) in [6, 6.07) is 2.10. The third kappa shape index (κ3) is 3.27. The van der Waals surface area contributed by atoms with Crippen LogP contribution in [0, 0.1) is 5.92 Å². The number of rotatable bonds is 3. The molecule has 0 spiro atoms. The van der Waals surface area contributed by atoms with E-state index in [0.717, 1.165) is 28.9 Å². The molecule has 0 radical (unpaired) electrons. The predicted octanol–water partition coefficient (Wildman–Crippen LogP) is 2.66. The lowest BCUT2D eigenvalue weighted by Gasteiger charge is -2.33. The number of nitrogens with zero attached hydrogens (tertiary/aromatic N) is 1. The Balaban J connectivity index is 2.06. The number of nitrogens with one attached hydrogen (secondary N) is 1. The lowest BCUT2D eigenvalue weighted by atomic mass is 9.86. The van der Waals surface area contributed by atoms with Crippen LogP contribution in [0.3, 0.4) is 0 Å². The molecule has 1 aliphatic heterocycles. The molecule has 1 aromatic heterocycles. The zero-order valence-corrected chi connectivity index (χ0v) is 11.7. The molecule has 0 bridgehead atoms. The minimum absolute atomic E-state index is 0.157. The van der Waals surface area contributed by atoms with E-state index in [2.05, 4.69) is 33.2 Å². The van der Waals surface area contributed by atoms with Crippen LogP contribution in [0.1, 0.15) is 37.9 Å². The second kappa shape index (κ2) is 5.94. The molecule has 17 heavy (non-hydrogen) atoms. The first kappa shape index (κ1) is 13.0. The molecule has 0 amide bonds. The zero-order valence-electron chi connectivity index (χ0n) is 10.1. The van der Waals surface area contributed by atoms with Gasteiger partial charge in [0.1, 0.15) is 0 Å². The maximum absolute atomic E-state index is 10.4. The average Bonchev–Trinajstić information content (AvgIpc) is 2.38. The molecule has 3 unspecified atom stereocenters. The fraction of sp³-hybridized carbons (Fsp3) is 0.615. The van der Waals surface area contributed by atoms with Crippen molar-refractivity contribution in [1.82, 2.24) is 10.3 Å². The first-order valence-corrected chi connectivity index (χ1v) is 7.02. The Labute approximate surface area is 111 Å². The minimum atomic E-state index is -0.464. The summed E-state index contributed by atoms with van der Waals surface area (Å²) in [5, 5.41) is 13.8. The Kier molecular flexibility index (Phi) is 4.54. The average molecular weight is 299 g/mol. The summed E-state index contributed by atoms with van der Waals surface area (Å²) in [5.41, 5.74) is 0.883. The number of halogens is 1. The van der Waals surface area contributed by atoms with Gasteiger partial charge < -0.3 is 10.4 Å². The van der Waals surface area contributed by atoms with Crippen LogP contribution in [-0.2, 0) is 0 Å². The molecule has 1 aromatic rings. The summed E-state index contributed by atoms with van der Waals surface area (Å²) in [6.45, 7) is 3.22. The van der Waals surface area contributed by atoms with Gasteiger partial charge in [0.15, 0.2) is 0 Å². The molecule has 3 atom stereocenters. The Morgan fingerprint density at radius 2 is 2.41 bits per heavy atom. The number of pyridine rings is 1. The van der Waals surface area contributed by atoms with Gasteiger partial charge in [0.05, 0.1) is 6.10 Å².